The molecule has 0 saturated carbocycles. The molecule has 5 nitrogen and oxygen atoms in total. The average Bonchev–Trinajstić information content (AvgIpc) is 3.03. The summed E-state index contributed by atoms with van der Waals surface area (Å²) in [6.45, 7) is 7.08. The quantitative estimate of drug-likeness (QED) is 0.826. The normalized spacial score (nSPS) is 26.6. The van der Waals surface area contributed by atoms with Crippen molar-refractivity contribution in [1.29, 1.82) is 0 Å². The topological polar surface area (TPSA) is 54.7 Å². The van der Waals surface area contributed by atoms with E-state index in [1.54, 1.807) is 6.92 Å². The Kier molecular flexibility index (Phi) is 3.33. The first kappa shape index (κ1) is 12.7. The summed E-state index contributed by atoms with van der Waals surface area (Å²) in [6, 6.07) is 1.81. The van der Waals surface area contributed by atoms with Gasteiger partial charge in [-0.2, -0.15) is 0 Å². The van der Waals surface area contributed by atoms with E-state index >= 15 is 0 Å². The molecule has 3 heterocycles. The number of aryl methyl sites for hydroxylation is 1. The lowest BCUT2D eigenvalue weighted by molar-refractivity contribution is 0.0599. The van der Waals surface area contributed by atoms with E-state index in [0.29, 0.717) is 11.3 Å². The van der Waals surface area contributed by atoms with Crippen LogP contribution in [0.4, 0.5) is 0 Å². The number of nitrogens with zero attached hydrogens (tertiary/aromatic N) is 1. The number of hydrogen-bond donors (Lipinski definition) is 1. The van der Waals surface area contributed by atoms with Gasteiger partial charge < -0.3 is 14.5 Å². The lowest BCUT2D eigenvalue weighted by atomic mass is 10.0. The van der Waals surface area contributed by atoms with Crippen molar-refractivity contribution >= 4 is 5.97 Å². The molecule has 19 heavy (non-hydrogen) atoms. The maximum Gasteiger partial charge on any atom is 0.341 e. The highest BCUT2D eigenvalue weighted by Crippen LogP contribution is 2.28. The fourth-order valence-corrected chi connectivity index (χ4v) is 3.24. The maximum atomic E-state index is 11.5. The van der Waals surface area contributed by atoms with Crippen molar-refractivity contribution in [3.8, 4) is 0 Å². The van der Waals surface area contributed by atoms with Crippen LogP contribution in [-0.2, 0) is 11.3 Å². The second-order valence-corrected chi connectivity index (χ2v) is 5.55. The largest absolute Gasteiger partial charge is 0.465 e. The maximum absolute atomic E-state index is 11.5. The Balaban J connectivity index is 1.66. The zero-order chi connectivity index (χ0) is 13.4. The van der Waals surface area contributed by atoms with E-state index in [1.807, 2.05) is 6.07 Å². The Bertz CT molecular complexity index is 471. The molecule has 2 unspecified atom stereocenters. The third kappa shape index (κ3) is 2.40. The zero-order valence-corrected chi connectivity index (χ0v) is 11.4. The lowest BCUT2D eigenvalue weighted by Gasteiger charge is -2.14. The molecule has 2 saturated heterocycles. The Hall–Kier alpha value is -1.33. The number of nitrogens with one attached hydrogen (secondary N) is 1. The number of ether oxygens (including phenoxy) is 1. The van der Waals surface area contributed by atoms with Crippen LogP contribution in [0.1, 0.15) is 21.9 Å². The minimum absolute atomic E-state index is 0.324. The number of rotatable bonds is 3. The van der Waals surface area contributed by atoms with Crippen molar-refractivity contribution in [3.63, 3.8) is 0 Å². The van der Waals surface area contributed by atoms with E-state index in [-0.39, 0.29) is 5.97 Å². The van der Waals surface area contributed by atoms with Crippen LogP contribution in [0, 0.1) is 18.8 Å². The summed E-state index contributed by atoms with van der Waals surface area (Å²) in [6.07, 6.45) is 0. The number of methoxy groups -OCH3 is 1. The van der Waals surface area contributed by atoms with E-state index in [9.17, 15) is 4.79 Å². The zero-order valence-electron chi connectivity index (χ0n) is 11.4. The highest BCUT2D eigenvalue weighted by atomic mass is 16.5. The van der Waals surface area contributed by atoms with E-state index in [0.717, 1.165) is 50.3 Å². The fourth-order valence-electron chi connectivity index (χ4n) is 3.24. The predicted molar refractivity (Wildman–Crippen MR) is 69.9 cm³/mol. The highest BCUT2D eigenvalue weighted by Gasteiger charge is 2.36. The highest BCUT2D eigenvalue weighted by molar-refractivity contribution is 5.90. The number of furan rings is 1. The van der Waals surface area contributed by atoms with E-state index < -0.39 is 0 Å². The summed E-state index contributed by atoms with van der Waals surface area (Å²) in [5, 5.41) is 3.43. The molecule has 5 heteroatoms. The van der Waals surface area contributed by atoms with Gasteiger partial charge in [0.25, 0.3) is 0 Å². The summed E-state index contributed by atoms with van der Waals surface area (Å²) >= 11 is 0. The van der Waals surface area contributed by atoms with Crippen LogP contribution in [0.2, 0.25) is 0 Å². The van der Waals surface area contributed by atoms with Gasteiger partial charge in [-0.15, -0.1) is 0 Å². The van der Waals surface area contributed by atoms with E-state index in [2.05, 4.69) is 10.2 Å². The Morgan fingerprint density at radius 2 is 2.16 bits per heavy atom. The molecule has 2 aliphatic heterocycles. The number of carbonyl (C=O) groups excluding carboxylic acids is 1. The van der Waals surface area contributed by atoms with Gasteiger partial charge in [0, 0.05) is 13.1 Å². The molecule has 1 N–H and O–H groups in total. The number of fused-ring (bicyclic) bond motifs is 1. The minimum atomic E-state index is -0.324. The van der Waals surface area contributed by atoms with E-state index in [1.165, 1.54) is 7.11 Å². The number of esters is 1. The third-order valence-corrected chi connectivity index (χ3v) is 4.22. The van der Waals surface area contributed by atoms with Gasteiger partial charge in [-0.05, 0) is 37.9 Å². The Morgan fingerprint density at radius 1 is 1.47 bits per heavy atom. The molecule has 0 aliphatic carbocycles. The molecule has 0 radical (unpaired) electrons. The molecule has 104 valence electrons. The minimum Gasteiger partial charge on any atom is -0.465 e. The molecule has 2 fully saturated rings. The standard InChI is InChI=1S/C14H20N2O3/c1-9-13(14(17)18-2)3-12(19-9)8-16-6-10-4-15-5-11(10)7-16/h3,10-11,15H,4-8H2,1-2H3. The van der Waals surface area contributed by atoms with Crippen LogP contribution in [0.3, 0.4) is 0 Å². The molecule has 0 spiro atoms. The van der Waals surface area contributed by atoms with Crippen molar-refractivity contribution in [2.75, 3.05) is 33.3 Å². The van der Waals surface area contributed by atoms with Crippen molar-refractivity contribution in [3.05, 3.63) is 23.2 Å². The average molecular weight is 264 g/mol. The van der Waals surface area contributed by atoms with Crippen LogP contribution in [0.5, 0.6) is 0 Å². The van der Waals surface area contributed by atoms with Gasteiger partial charge in [0.15, 0.2) is 0 Å². The summed E-state index contributed by atoms with van der Waals surface area (Å²) < 4.78 is 10.4. The van der Waals surface area contributed by atoms with Crippen LogP contribution in [-0.4, -0.2) is 44.2 Å². The molecule has 0 aromatic carbocycles. The molecule has 0 bridgehead atoms. The lowest BCUT2D eigenvalue weighted by Crippen LogP contribution is -2.25. The molecule has 2 atom stereocenters. The monoisotopic (exact) mass is 264 g/mol. The Morgan fingerprint density at radius 3 is 2.79 bits per heavy atom. The molecule has 1 aromatic heterocycles. The second-order valence-electron chi connectivity index (χ2n) is 5.55. The Labute approximate surface area is 112 Å². The van der Waals surface area contributed by atoms with Crippen LogP contribution >= 0.6 is 0 Å². The molecular weight excluding hydrogens is 244 g/mol. The predicted octanol–water partition coefficient (Wildman–Crippen LogP) is 1.03. The van der Waals surface area contributed by atoms with Crippen LogP contribution < -0.4 is 5.32 Å². The van der Waals surface area contributed by atoms with Crippen molar-refractivity contribution in [2.45, 2.75) is 13.5 Å². The van der Waals surface area contributed by atoms with E-state index in [4.69, 9.17) is 9.15 Å². The molecule has 3 rings (SSSR count). The van der Waals surface area contributed by atoms with Gasteiger partial charge in [-0.1, -0.05) is 0 Å². The summed E-state index contributed by atoms with van der Waals surface area (Å²) in [5.74, 6) is 2.72. The third-order valence-electron chi connectivity index (χ3n) is 4.22. The summed E-state index contributed by atoms with van der Waals surface area (Å²) in [4.78, 5) is 14.0. The molecule has 1 aromatic rings. The summed E-state index contributed by atoms with van der Waals surface area (Å²) in [7, 11) is 1.39. The first-order valence-electron chi connectivity index (χ1n) is 6.78. The van der Waals surface area contributed by atoms with Gasteiger partial charge in [-0.3, -0.25) is 4.90 Å². The first-order valence-corrected chi connectivity index (χ1v) is 6.78. The number of carbonyl (C=O) groups is 1. The first-order chi connectivity index (χ1) is 9.17. The molecular formula is C14H20N2O3. The summed E-state index contributed by atoms with van der Waals surface area (Å²) in [5.41, 5.74) is 0.540. The smallest absolute Gasteiger partial charge is 0.341 e. The molecule has 0 amide bonds. The van der Waals surface area contributed by atoms with Crippen molar-refractivity contribution < 1.29 is 13.9 Å². The van der Waals surface area contributed by atoms with Crippen molar-refractivity contribution in [1.82, 2.24) is 10.2 Å². The second kappa shape index (κ2) is 4.98. The van der Waals surface area contributed by atoms with Gasteiger partial charge in [0.2, 0.25) is 0 Å². The number of likely N-dealkylation sites (tertiary alicyclic amines) is 1. The molecule has 2 aliphatic rings. The van der Waals surface area contributed by atoms with Gasteiger partial charge in [-0.25, -0.2) is 4.79 Å². The van der Waals surface area contributed by atoms with Crippen LogP contribution in [0.25, 0.3) is 0 Å². The van der Waals surface area contributed by atoms with Gasteiger partial charge in [0.05, 0.1) is 13.7 Å². The van der Waals surface area contributed by atoms with Gasteiger partial charge in [0.1, 0.15) is 17.1 Å². The SMILES string of the molecule is COC(=O)c1cc(CN2CC3CNCC3C2)oc1C. The van der Waals surface area contributed by atoms with Crippen molar-refractivity contribution in [2.24, 2.45) is 11.8 Å². The van der Waals surface area contributed by atoms with Crippen LogP contribution in [0.15, 0.2) is 10.5 Å². The van der Waals surface area contributed by atoms with Gasteiger partial charge >= 0.3 is 5.97 Å². The fraction of sp³-hybridized carbons (Fsp3) is 0.643. The number of hydrogen-bond acceptors (Lipinski definition) is 5.